The molecule has 1 aromatic heterocycles. The summed E-state index contributed by atoms with van der Waals surface area (Å²) in [6.07, 6.45) is 1.03. The molecule has 2 N–H and O–H groups in total. The highest BCUT2D eigenvalue weighted by Crippen LogP contribution is 2.27. The van der Waals surface area contributed by atoms with Crippen LogP contribution in [0.2, 0.25) is 0 Å². The van der Waals surface area contributed by atoms with E-state index in [1.807, 2.05) is 31.4 Å². The minimum atomic E-state index is -3.55. The maximum Gasteiger partial charge on any atom is 0.262 e. The lowest BCUT2D eigenvalue weighted by Crippen LogP contribution is -2.15. The fraction of sp³-hybridized carbons (Fsp3) is 0.333. The summed E-state index contributed by atoms with van der Waals surface area (Å²) in [5.41, 5.74) is 3.06. The summed E-state index contributed by atoms with van der Waals surface area (Å²) in [5, 5.41) is 6.91. The van der Waals surface area contributed by atoms with Gasteiger partial charge in [0.2, 0.25) is 0 Å². The van der Waals surface area contributed by atoms with E-state index >= 15 is 0 Å². The predicted molar refractivity (Wildman–Crippen MR) is 89.8 cm³/mol. The number of rotatable bonds is 6. The molecule has 114 valence electrons. The van der Waals surface area contributed by atoms with Gasteiger partial charge in [0.05, 0.1) is 10.6 Å². The number of sulfonamides is 1. The van der Waals surface area contributed by atoms with Gasteiger partial charge in [0.25, 0.3) is 10.0 Å². The molecule has 2 aromatic rings. The Kier molecular flexibility index (Phi) is 4.90. The number of hydrogen-bond donors (Lipinski definition) is 2. The van der Waals surface area contributed by atoms with Crippen molar-refractivity contribution in [2.75, 3.05) is 16.6 Å². The number of thiophene rings is 1. The van der Waals surface area contributed by atoms with Gasteiger partial charge in [-0.15, -0.1) is 0 Å². The fourth-order valence-corrected chi connectivity index (χ4v) is 4.44. The van der Waals surface area contributed by atoms with Gasteiger partial charge in [0.1, 0.15) is 0 Å². The third-order valence-electron chi connectivity index (χ3n) is 3.08. The number of anilines is 2. The first-order chi connectivity index (χ1) is 9.94. The molecule has 6 heteroatoms. The van der Waals surface area contributed by atoms with Gasteiger partial charge in [0, 0.05) is 17.6 Å². The van der Waals surface area contributed by atoms with Crippen LogP contribution in [-0.2, 0) is 10.0 Å². The number of benzene rings is 1. The van der Waals surface area contributed by atoms with Gasteiger partial charge in [-0.2, -0.15) is 11.3 Å². The van der Waals surface area contributed by atoms with Crippen molar-refractivity contribution in [2.45, 2.75) is 32.1 Å². The van der Waals surface area contributed by atoms with Crippen molar-refractivity contribution in [3.05, 3.63) is 40.1 Å². The predicted octanol–water partition coefficient (Wildman–Crippen LogP) is 3.99. The van der Waals surface area contributed by atoms with Crippen LogP contribution in [0.4, 0.5) is 11.4 Å². The van der Waals surface area contributed by atoms with Crippen LogP contribution in [0.25, 0.3) is 0 Å². The quantitative estimate of drug-likeness (QED) is 0.845. The minimum absolute atomic E-state index is 0.357. The lowest BCUT2D eigenvalue weighted by molar-refractivity contribution is 0.600. The summed E-state index contributed by atoms with van der Waals surface area (Å²) >= 11 is 1.46. The van der Waals surface area contributed by atoms with Crippen LogP contribution in [-0.4, -0.2) is 15.0 Å². The lowest BCUT2D eigenvalue weighted by atomic mass is 10.1. The Morgan fingerprint density at radius 1 is 1.14 bits per heavy atom. The molecule has 21 heavy (non-hydrogen) atoms. The molecule has 0 aliphatic rings. The summed E-state index contributed by atoms with van der Waals surface area (Å²) in [6, 6.07) is 5.51. The summed E-state index contributed by atoms with van der Waals surface area (Å²) in [4.78, 5) is 0.357. The third kappa shape index (κ3) is 3.77. The minimum Gasteiger partial charge on any atom is -0.385 e. The number of hydrogen-bond acceptors (Lipinski definition) is 4. The van der Waals surface area contributed by atoms with Gasteiger partial charge in [-0.1, -0.05) is 6.92 Å². The zero-order valence-corrected chi connectivity index (χ0v) is 14.1. The van der Waals surface area contributed by atoms with E-state index in [0.717, 1.165) is 29.8 Å². The van der Waals surface area contributed by atoms with E-state index in [2.05, 4.69) is 17.0 Å². The molecule has 0 aliphatic carbocycles. The topological polar surface area (TPSA) is 58.2 Å². The van der Waals surface area contributed by atoms with Crippen LogP contribution in [0, 0.1) is 13.8 Å². The molecule has 0 spiro atoms. The van der Waals surface area contributed by atoms with Crippen LogP contribution in [0.5, 0.6) is 0 Å². The van der Waals surface area contributed by atoms with Crippen molar-refractivity contribution < 1.29 is 8.42 Å². The molecule has 0 unspecified atom stereocenters. The van der Waals surface area contributed by atoms with Gasteiger partial charge in [0.15, 0.2) is 0 Å². The maximum absolute atomic E-state index is 12.5. The van der Waals surface area contributed by atoms with E-state index in [1.54, 1.807) is 11.4 Å². The van der Waals surface area contributed by atoms with Crippen LogP contribution >= 0.6 is 11.3 Å². The molecule has 0 amide bonds. The van der Waals surface area contributed by atoms with Crippen LogP contribution in [0.3, 0.4) is 0 Å². The molecule has 2 rings (SSSR count). The van der Waals surface area contributed by atoms with E-state index in [0.29, 0.717) is 10.6 Å². The number of nitrogens with one attached hydrogen (secondary N) is 2. The molecule has 0 atom stereocenters. The highest BCUT2D eigenvalue weighted by Gasteiger charge is 2.20. The maximum atomic E-state index is 12.5. The van der Waals surface area contributed by atoms with E-state index in [4.69, 9.17) is 0 Å². The van der Waals surface area contributed by atoms with Crippen molar-refractivity contribution >= 4 is 32.7 Å². The molecule has 0 saturated heterocycles. The van der Waals surface area contributed by atoms with Crippen molar-refractivity contribution in [2.24, 2.45) is 0 Å². The molecule has 1 heterocycles. The second kappa shape index (κ2) is 6.49. The first-order valence-corrected chi connectivity index (χ1v) is 9.27. The molecule has 0 fully saturated rings. The second-order valence-electron chi connectivity index (χ2n) is 4.98. The fourth-order valence-electron chi connectivity index (χ4n) is 2.27. The summed E-state index contributed by atoms with van der Waals surface area (Å²) in [5.74, 6) is 0. The zero-order valence-electron chi connectivity index (χ0n) is 12.4. The average molecular weight is 324 g/mol. The SMILES string of the molecule is CCCNc1cc(C)c(S(=O)(=O)Nc2ccsc2)c(C)c1. The largest absolute Gasteiger partial charge is 0.385 e. The van der Waals surface area contributed by atoms with E-state index in [-0.39, 0.29) is 0 Å². The second-order valence-corrected chi connectivity index (χ2v) is 7.38. The molecule has 0 aliphatic heterocycles. The first-order valence-electron chi connectivity index (χ1n) is 6.84. The number of aryl methyl sites for hydroxylation is 2. The Hall–Kier alpha value is -1.53. The average Bonchev–Trinajstić information content (AvgIpc) is 2.87. The highest BCUT2D eigenvalue weighted by molar-refractivity contribution is 7.92. The Bertz CT molecular complexity index is 684. The van der Waals surface area contributed by atoms with Crippen LogP contribution < -0.4 is 10.0 Å². The standard InChI is InChI=1S/C15H20N2O2S2/c1-4-6-16-14-8-11(2)15(12(3)9-14)21(18,19)17-13-5-7-20-10-13/h5,7-10,16-17H,4,6H2,1-3H3. The van der Waals surface area contributed by atoms with E-state index in [9.17, 15) is 8.42 Å². The highest BCUT2D eigenvalue weighted by atomic mass is 32.2. The van der Waals surface area contributed by atoms with Gasteiger partial charge in [-0.3, -0.25) is 4.72 Å². The monoisotopic (exact) mass is 324 g/mol. The Morgan fingerprint density at radius 3 is 2.33 bits per heavy atom. The van der Waals surface area contributed by atoms with E-state index < -0.39 is 10.0 Å². The molecule has 4 nitrogen and oxygen atoms in total. The van der Waals surface area contributed by atoms with E-state index in [1.165, 1.54) is 11.3 Å². The molecule has 0 bridgehead atoms. The Labute approximate surface area is 130 Å². The van der Waals surface area contributed by atoms with Crippen molar-refractivity contribution in [1.29, 1.82) is 0 Å². The van der Waals surface area contributed by atoms with Crippen LogP contribution in [0.15, 0.2) is 33.9 Å². The molecule has 1 aromatic carbocycles. The van der Waals surface area contributed by atoms with Crippen molar-refractivity contribution in [1.82, 2.24) is 0 Å². The van der Waals surface area contributed by atoms with Gasteiger partial charge in [-0.25, -0.2) is 8.42 Å². The third-order valence-corrected chi connectivity index (χ3v) is 5.45. The zero-order chi connectivity index (χ0) is 15.5. The van der Waals surface area contributed by atoms with Gasteiger partial charge >= 0.3 is 0 Å². The lowest BCUT2D eigenvalue weighted by Gasteiger charge is -2.15. The smallest absolute Gasteiger partial charge is 0.262 e. The van der Waals surface area contributed by atoms with Crippen molar-refractivity contribution in [3.8, 4) is 0 Å². The Balaban J connectivity index is 2.35. The molecule has 0 radical (unpaired) electrons. The van der Waals surface area contributed by atoms with Gasteiger partial charge < -0.3 is 5.32 Å². The Morgan fingerprint density at radius 2 is 1.81 bits per heavy atom. The summed E-state index contributed by atoms with van der Waals surface area (Å²) in [6.45, 7) is 6.62. The summed E-state index contributed by atoms with van der Waals surface area (Å²) in [7, 11) is -3.55. The van der Waals surface area contributed by atoms with Gasteiger partial charge in [-0.05, 0) is 55.0 Å². The molecule has 0 saturated carbocycles. The summed E-state index contributed by atoms with van der Waals surface area (Å²) < 4.78 is 27.7. The molecular formula is C15H20N2O2S2. The molecular weight excluding hydrogens is 304 g/mol. The van der Waals surface area contributed by atoms with Crippen molar-refractivity contribution in [3.63, 3.8) is 0 Å². The normalized spacial score (nSPS) is 11.4. The van der Waals surface area contributed by atoms with Crippen LogP contribution in [0.1, 0.15) is 24.5 Å². The first kappa shape index (κ1) is 15.9.